The highest BCUT2D eigenvalue weighted by atomic mass is 19.4. The van der Waals surface area contributed by atoms with Crippen molar-refractivity contribution >= 4 is 5.91 Å². The molecule has 7 nitrogen and oxygen atoms in total. The fraction of sp³-hybridized carbons (Fsp3) is 0.273. The standard InChI is InChI=1S/C22H18F4N4O3/c23-16-8-6-14(7-9-16)13-29-20(32)18(19(31)28-10-1-2-11-28)27-30(21(29)33)17-5-3-4-15(12-17)22(24,25)26/h3-9,12H,1-2,10-11,13H2. The number of hydrogen-bond donors (Lipinski definition) is 0. The summed E-state index contributed by atoms with van der Waals surface area (Å²) >= 11 is 0. The Hall–Kier alpha value is -3.76. The molecule has 33 heavy (non-hydrogen) atoms. The average molecular weight is 462 g/mol. The summed E-state index contributed by atoms with van der Waals surface area (Å²) in [5.41, 5.74) is -3.45. The van der Waals surface area contributed by atoms with Gasteiger partial charge in [-0.2, -0.15) is 23.0 Å². The van der Waals surface area contributed by atoms with Gasteiger partial charge in [0, 0.05) is 13.1 Å². The summed E-state index contributed by atoms with van der Waals surface area (Å²) in [7, 11) is 0. The van der Waals surface area contributed by atoms with Gasteiger partial charge in [-0.15, -0.1) is 0 Å². The molecule has 0 aliphatic carbocycles. The van der Waals surface area contributed by atoms with Crippen LogP contribution in [0.5, 0.6) is 0 Å². The van der Waals surface area contributed by atoms with Crippen LogP contribution in [0.3, 0.4) is 0 Å². The fourth-order valence-corrected chi connectivity index (χ4v) is 3.61. The molecule has 1 saturated heterocycles. The number of rotatable bonds is 4. The van der Waals surface area contributed by atoms with Crippen LogP contribution in [0, 0.1) is 5.82 Å². The zero-order valence-electron chi connectivity index (χ0n) is 17.2. The Morgan fingerprint density at radius 1 is 1.00 bits per heavy atom. The molecule has 0 radical (unpaired) electrons. The molecule has 2 heterocycles. The molecule has 1 amide bonds. The lowest BCUT2D eigenvalue weighted by molar-refractivity contribution is -0.137. The summed E-state index contributed by atoms with van der Waals surface area (Å²) in [6, 6.07) is 8.87. The first kappa shape index (κ1) is 22.4. The molecule has 1 aromatic heterocycles. The highest BCUT2D eigenvalue weighted by molar-refractivity contribution is 5.92. The quantitative estimate of drug-likeness (QED) is 0.559. The SMILES string of the molecule is O=C(c1nn(-c2cccc(C(F)(F)F)c2)c(=O)n(Cc2ccc(F)cc2)c1=O)N1CCCC1. The predicted octanol–water partition coefficient (Wildman–Crippen LogP) is 2.84. The zero-order valence-corrected chi connectivity index (χ0v) is 17.2. The fourth-order valence-electron chi connectivity index (χ4n) is 3.61. The number of carbonyl (C=O) groups is 1. The van der Waals surface area contributed by atoms with Gasteiger partial charge in [-0.1, -0.05) is 18.2 Å². The van der Waals surface area contributed by atoms with E-state index in [0.29, 0.717) is 34.0 Å². The van der Waals surface area contributed by atoms with E-state index in [4.69, 9.17) is 0 Å². The first-order valence-corrected chi connectivity index (χ1v) is 10.1. The van der Waals surface area contributed by atoms with Crippen molar-refractivity contribution in [3.05, 3.63) is 92.0 Å². The molecule has 3 aromatic rings. The van der Waals surface area contributed by atoms with E-state index < -0.39 is 40.4 Å². The van der Waals surface area contributed by atoms with E-state index >= 15 is 0 Å². The molecule has 1 aliphatic heterocycles. The first-order chi connectivity index (χ1) is 15.6. The minimum absolute atomic E-state index is 0.252. The number of carbonyl (C=O) groups excluding carboxylic acids is 1. The van der Waals surface area contributed by atoms with Gasteiger partial charge in [0.2, 0.25) is 5.69 Å². The van der Waals surface area contributed by atoms with Crippen molar-refractivity contribution in [2.45, 2.75) is 25.6 Å². The van der Waals surface area contributed by atoms with Crippen LogP contribution in [-0.4, -0.2) is 38.2 Å². The van der Waals surface area contributed by atoms with Gasteiger partial charge < -0.3 is 4.90 Å². The Balaban J connectivity index is 1.90. The van der Waals surface area contributed by atoms with Crippen LogP contribution in [0.1, 0.15) is 34.5 Å². The van der Waals surface area contributed by atoms with Crippen LogP contribution in [0.2, 0.25) is 0 Å². The van der Waals surface area contributed by atoms with Gasteiger partial charge in [-0.05, 0) is 48.7 Å². The molecular formula is C22H18F4N4O3. The minimum atomic E-state index is -4.67. The molecule has 4 rings (SSSR count). The van der Waals surface area contributed by atoms with Crippen molar-refractivity contribution in [3.8, 4) is 5.69 Å². The Bertz CT molecular complexity index is 1310. The molecule has 1 aliphatic rings. The number of hydrogen-bond acceptors (Lipinski definition) is 4. The summed E-state index contributed by atoms with van der Waals surface area (Å²) in [6.45, 7) is 0.487. The number of halogens is 4. The zero-order chi connectivity index (χ0) is 23.8. The number of benzene rings is 2. The van der Waals surface area contributed by atoms with Crippen LogP contribution >= 0.6 is 0 Å². The van der Waals surface area contributed by atoms with E-state index in [1.165, 1.54) is 23.1 Å². The number of alkyl halides is 3. The molecule has 2 aromatic carbocycles. The smallest absolute Gasteiger partial charge is 0.337 e. The first-order valence-electron chi connectivity index (χ1n) is 10.1. The number of amides is 1. The maximum atomic E-state index is 13.3. The van der Waals surface area contributed by atoms with E-state index in [1.54, 1.807) is 0 Å². The van der Waals surface area contributed by atoms with E-state index in [2.05, 4.69) is 5.10 Å². The van der Waals surface area contributed by atoms with E-state index in [9.17, 15) is 31.9 Å². The molecule has 0 bridgehead atoms. The van der Waals surface area contributed by atoms with Gasteiger partial charge in [0.15, 0.2) is 0 Å². The summed E-state index contributed by atoms with van der Waals surface area (Å²) in [4.78, 5) is 40.5. The maximum Gasteiger partial charge on any atom is 0.416 e. The highest BCUT2D eigenvalue weighted by Crippen LogP contribution is 2.30. The van der Waals surface area contributed by atoms with Gasteiger partial charge >= 0.3 is 11.9 Å². The van der Waals surface area contributed by atoms with Crippen LogP contribution in [0.25, 0.3) is 5.69 Å². The second kappa shape index (κ2) is 8.64. The van der Waals surface area contributed by atoms with Crippen molar-refractivity contribution in [1.29, 1.82) is 0 Å². The van der Waals surface area contributed by atoms with Crippen LogP contribution in [0.4, 0.5) is 17.6 Å². The van der Waals surface area contributed by atoms with Gasteiger partial charge in [-0.3, -0.25) is 14.2 Å². The number of nitrogens with zero attached hydrogens (tertiary/aromatic N) is 4. The van der Waals surface area contributed by atoms with Crippen molar-refractivity contribution in [3.63, 3.8) is 0 Å². The largest absolute Gasteiger partial charge is 0.416 e. The molecule has 0 N–H and O–H groups in total. The van der Waals surface area contributed by atoms with Crippen molar-refractivity contribution in [2.75, 3.05) is 13.1 Å². The van der Waals surface area contributed by atoms with Gasteiger partial charge in [0.25, 0.3) is 11.5 Å². The second-order valence-corrected chi connectivity index (χ2v) is 7.61. The molecular weight excluding hydrogens is 444 g/mol. The third-order valence-electron chi connectivity index (χ3n) is 5.33. The lowest BCUT2D eigenvalue weighted by atomic mass is 10.2. The Kier molecular flexibility index (Phi) is 5.88. The summed E-state index contributed by atoms with van der Waals surface area (Å²) in [6.07, 6.45) is -3.19. The molecule has 0 saturated carbocycles. The maximum absolute atomic E-state index is 13.3. The summed E-state index contributed by atoms with van der Waals surface area (Å²) in [5, 5.41) is 3.88. The van der Waals surface area contributed by atoms with E-state index in [0.717, 1.165) is 37.1 Å². The van der Waals surface area contributed by atoms with Crippen molar-refractivity contribution < 1.29 is 22.4 Å². The minimum Gasteiger partial charge on any atom is -0.337 e. The third kappa shape index (κ3) is 4.57. The molecule has 0 spiro atoms. The molecule has 1 fully saturated rings. The predicted molar refractivity (Wildman–Crippen MR) is 110 cm³/mol. The summed E-state index contributed by atoms with van der Waals surface area (Å²) in [5.74, 6) is -1.22. The monoisotopic (exact) mass is 462 g/mol. The number of aromatic nitrogens is 3. The third-order valence-corrected chi connectivity index (χ3v) is 5.33. The molecule has 0 atom stereocenters. The van der Waals surface area contributed by atoms with Crippen LogP contribution in [-0.2, 0) is 12.7 Å². The van der Waals surface area contributed by atoms with Crippen LogP contribution in [0.15, 0.2) is 58.1 Å². The van der Waals surface area contributed by atoms with Gasteiger partial charge in [0.05, 0.1) is 17.8 Å². The van der Waals surface area contributed by atoms with Gasteiger partial charge in [-0.25, -0.2) is 9.18 Å². The second-order valence-electron chi connectivity index (χ2n) is 7.61. The Morgan fingerprint density at radius 2 is 1.67 bits per heavy atom. The van der Waals surface area contributed by atoms with E-state index in [1.807, 2.05) is 0 Å². The highest BCUT2D eigenvalue weighted by Gasteiger charge is 2.31. The number of likely N-dealkylation sites (tertiary alicyclic amines) is 1. The Morgan fingerprint density at radius 3 is 2.30 bits per heavy atom. The molecule has 172 valence electrons. The lowest BCUT2D eigenvalue weighted by Gasteiger charge is -2.17. The normalized spacial score (nSPS) is 14.0. The average Bonchev–Trinajstić information content (AvgIpc) is 3.32. The summed E-state index contributed by atoms with van der Waals surface area (Å²) < 4.78 is 54.2. The van der Waals surface area contributed by atoms with Crippen molar-refractivity contribution in [1.82, 2.24) is 19.2 Å². The lowest BCUT2D eigenvalue weighted by Crippen LogP contribution is -2.46. The topological polar surface area (TPSA) is 77.2 Å². The van der Waals surface area contributed by atoms with Crippen molar-refractivity contribution in [2.24, 2.45) is 0 Å². The van der Waals surface area contributed by atoms with Crippen LogP contribution < -0.4 is 11.2 Å². The molecule has 0 unspecified atom stereocenters. The van der Waals surface area contributed by atoms with Gasteiger partial charge in [0.1, 0.15) is 5.82 Å². The molecule has 11 heteroatoms. The Labute approximate surface area is 184 Å². The van der Waals surface area contributed by atoms with E-state index in [-0.39, 0.29) is 12.2 Å².